The molecular formula is C14H23NO4. The molecule has 0 aromatic heterocycles. The Morgan fingerprint density at radius 3 is 2.37 bits per heavy atom. The Morgan fingerprint density at radius 1 is 1.05 bits per heavy atom. The summed E-state index contributed by atoms with van der Waals surface area (Å²) in [7, 11) is 0. The van der Waals surface area contributed by atoms with Crippen molar-refractivity contribution in [3.8, 4) is 0 Å². The van der Waals surface area contributed by atoms with Gasteiger partial charge < -0.3 is 15.2 Å². The molecule has 5 heteroatoms. The topological polar surface area (TPSA) is 75.6 Å². The predicted octanol–water partition coefficient (Wildman–Crippen LogP) is 1.56. The summed E-state index contributed by atoms with van der Waals surface area (Å²) < 4.78 is 5.56. The van der Waals surface area contributed by atoms with Crippen LogP contribution in [0, 0.1) is 11.8 Å². The van der Waals surface area contributed by atoms with E-state index in [9.17, 15) is 9.59 Å². The number of aliphatic carboxylic acids is 1. The van der Waals surface area contributed by atoms with E-state index in [-0.39, 0.29) is 17.9 Å². The molecule has 2 rings (SSSR count). The Labute approximate surface area is 113 Å². The standard InChI is InChI=1S/C14H23NO4/c16-13(15-9-10-5-3-4-8-19-10)11-6-1-2-7-12(11)14(17)18/h10-12H,1-9H2,(H,15,16)(H,17,18). The zero-order valence-corrected chi connectivity index (χ0v) is 11.3. The van der Waals surface area contributed by atoms with Gasteiger partial charge in [0.05, 0.1) is 17.9 Å². The van der Waals surface area contributed by atoms with Gasteiger partial charge in [-0.05, 0) is 32.1 Å². The van der Waals surface area contributed by atoms with Crippen molar-refractivity contribution in [2.75, 3.05) is 13.2 Å². The van der Waals surface area contributed by atoms with E-state index in [1.165, 1.54) is 0 Å². The fraction of sp³-hybridized carbons (Fsp3) is 0.857. The van der Waals surface area contributed by atoms with Gasteiger partial charge in [-0.1, -0.05) is 12.8 Å². The van der Waals surface area contributed by atoms with Crippen LogP contribution < -0.4 is 5.32 Å². The van der Waals surface area contributed by atoms with Crippen LogP contribution in [0.3, 0.4) is 0 Å². The highest BCUT2D eigenvalue weighted by Gasteiger charge is 2.35. The molecule has 1 aliphatic carbocycles. The van der Waals surface area contributed by atoms with Crippen LogP contribution in [-0.4, -0.2) is 36.2 Å². The number of carbonyl (C=O) groups is 2. The molecule has 0 aromatic rings. The predicted molar refractivity (Wildman–Crippen MR) is 69.7 cm³/mol. The second-order valence-electron chi connectivity index (χ2n) is 5.57. The van der Waals surface area contributed by atoms with Gasteiger partial charge in [0.2, 0.25) is 5.91 Å². The van der Waals surface area contributed by atoms with E-state index in [0.717, 1.165) is 38.7 Å². The normalized spacial score (nSPS) is 31.7. The van der Waals surface area contributed by atoms with Crippen LogP contribution >= 0.6 is 0 Å². The molecule has 3 unspecified atom stereocenters. The smallest absolute Gasteiger partial charge is 0.307 e. The number of nitrogens with one attached hydrogen (secondary N) is 1. The first kappa shape index (κ1) is 14.3. The number of rotatable bonds is 4. The Morgan fingerprint density at radius 2 is 1.74 bits per heavy atom. The Bertz CT molecular complexity index is 325. The van der Waals surface area contributed by atoms with E-state index in [1.54, 1.807) is 0 Å². The second-order valence-corrected chi connectivity index (χ2v) is 5.57. The highest BCUT2D eigenvalue weighted by Crippen LogP contribution is 2.30. The first-order chi connectivity index (χ1) is 9.18. The molecule has 2 N–H and O–H groups in total. The molecule has 19 heavy (non-hydrogen) atoms. The quantitative estimate of drug-likeness (QED) is 0.812. The van der Waals surface area contributed by atoms with E-state index in [2.05, 4.69) is 5.32 Å². The number of hydrogen-bond acceptors (Lipinski definition) is 3. The minimum Gasteiger partial charge on any atom is -0.481 e. The fourth-order valence-electron chi connectivity index (χ4n) is 3.05. The van der Waals surface area contributed by atoms with Gasteiger partial charge in [-0.2, -0.15) is 0 Å². The van der Waals surface area contributed by atoms with Crippen molar-refractivity contribution in [2.24, 2.45) is 11.8 Å². The summed E-state index contributed by atoms with van der Waals surface area (Å²) in [5.74, 6) is -1.83. The second kappa shape index (κ2) is 6.89. The molecule has 0 radical (unpaired) electrons. The average molecular weight is 269 g/mol. The first-order valence-corrected chi connectivity index (χ1v) is 7.30. The minimum atomic E-state index is -0.839. The number of ether oxygens (including phenoxy) is 1. The lowest BCUT2D eigenvalue weighted by Gasteiger charge is -2.29. The lowest BCUT2D eigenvalue weighted by molar-refractivity contribution is -0.149. The first-order valence-electron chi connectivity index (χ1n) is 7.30. The van der Waals surface area contributed by atoms with Crippen LogP contribution in [0.2, 0.25) is 0 Å². The van der Waals surface area contributed by atoms with Gasteiger partial charge in [0.1, 0.15) is 0 Å². The molecule has 0 bridgehead atoms. The number of amides is 1. The number of carboxylic acid groups (broad SMARTS) is 1. The molecule has 2 aliphatic rings. The highest BCUT2D eigenvalue weighted by molar-refractivity contribution is 5.84. The summed E-state index contributed by atoms with van der Waals surface area (Å²) in [5.41, 5.74) is 0. The van der Waals surface area contributed by atoms with Gasteiger partial charge in [-0.3, -0.25) is 9.59 Å². The molecule has 1 aliphatic heterocycles. The Kier molecular flexibility index (Phi) is 5.19. The van der Waals surface area contributed by atoms with E-state index in [1.807, 2.05) is 0 Å². The third kappa shape index (κ3) is 3.93. The molecule has 0 spiro atoms. The molecule has 5 nitrogen and oxygen atoms in total. The summed E-state index contributed by atoms with van der Waals surface area (Å²) in [6.07, 6.45) is 6.48. The van der Waals surface area contributed by atoms with Crippen LogP contribution in [0.15, 0.2) is 0 Å². The van der Waals surface area contributed by atoms with Crippen LogP contribution in [-0.2, 0) is 14.3 Å². The summed E-state index contributed by atoms with van der Waals surface area (Å²) in [5, 5.41) is 12.0. The zero-order chi connectivity index (χ0) is 13.7. The Hall–Kier alpha value is -1.10. The van der Waals surface area contributed by atoms with E-state index >= 15 is 0 Å². The van der Waals surface area contributed by atoms with Crippen molar-refractivity contribution in [1.29, 1.82) is 0 Å². The largest absolute Gasteiger partial charge is 0.481 e. The number of carbonyl (C=O) groups excluding carboxylic acids is 1. The maximum absolute atomic E-state index is 12.1. The lowest BCUT2D eigenvalue weighted by Crippen LogP contribution is -2.43. The van der Waals surface area contributed by atoms with Gasteiger partial charge in [-0.25, -0.2) is 0 Å². The highest BCUT2D eigenvalue weighted by atomic mass is 16.5. The Balaban J connectivity index is 1.81. The number of carboxylic acids is 1. The van der Waals surface area contributed by atoms with Gasteiger partial charge in [0, 0.05) is 13.2 Å². The molecule has 1 amide bonds. The average Bonchev–Trinajstić information content (AvgIpc) is 2.46. The summed E-state index contributed by atoms with van der Waals surface area (Å²) in [4.78, 5) is 23.3. The van der Waals surface area contributed by atoms with E-state index in [0.29, 0.717) is 19.4 Å². The van der Waals surface area contributed by atoms with Crippen molar-refractivity contribution in [2.45, 2.75) is 51.0 Å². The number of hydrogen-bond donors (Lipinski definition) is 2. The van der Waals surface area contributed by atoms with E-state index < -0.39 is 11.9 Å². The van der Waals surface area contributed by atoms with Crippen molar-refractivity contribution in [1.82, 2.24) is 5.32 Å². The van der Waals surface area contributed by atoms with Crippen LogP contribution in [0.5, 0.6) is 0 Å². The molecule has 2 fully saturated rings. The van der Waals surface area contributed by atoms with Gasteiger partial charge in [0.25, 0.3) is 0 Å². The maximum atomic E-state index is 12.1. The lowest BCUT2D eigenvalue weighted by atomic mass is 9.78. The SMILES string of the molecule is O=C(O)C1CCCCC1C(=O)NCC1CCCCO1. The molecule has 108 valence electrons. The van der Waals surface area contributed by atoms with Gasteiger partial charge >= 0.3 is 5.97 Å². The summed E-state index contributed by atoms with van der Waals surface area (Å²) in [6, 6.07) is 0. The monoisotopic (exact) mass is 269 g/mol. The van der Waals surface area contributed by atoms with Crippen molar-refractivity contribution in [3.05, 3.63) is 0 Å². The van der Waals surface area contributed by atoms with E-state index in [4.69, 9.17) is 9.84 Å². The van der Waals surface area contributed by atoms with Gasteiger partial charge in [-0.15, -0.1) is 0 Å². The van der Waals surface area contributed by atoms with Crippen LogP contribution in [0.1, 0.15) is 44.9 Å². The van der Waals surface area contributed by atoms with Gasteiger partial charge in [0.15, 0.2) is 0 Å². The van der Waals surface area contributed by atoms with Crippen molar-refractivity contribution in [3.63, 3.8) is 0 Å². The summed E-state index contributed by atoms with van der Waals surface area (Å²) in [6.45, 7) is 1.28. The molecule has 1 saturated carbocycles. The minimum absolute atomic E-state index is 0.101. The third-order valence-electron chi connectivity index (χ3n) is 4.20. The molecule has 1 saturated heterocycles. The molecule has 3 atom stereocenters. The third-order valence-corrected chi connectivity index (χ3v) is 4.20. The fourth-order valence-corrected chi connectivity index (χ4v) is 3.05. The summed E-state index contributed by atoms with van der Waals surface area (Å²) >= 11 is 0. The van der Waals surface area contributed by atoms with Crippen molar-refractivity contribution < 1.29 is 19.4 Å². The zero-order valence-electron chi connectivity index (χ0n) is 11.3. The molecule has 0 aromatic carbocycles. The molecule has 1 heterocycles. The van der Waals surface area contributed by atoms with Crippen LogP contribution in [0.25, 0.3) is 0 Å². The molecular weight excluding hydrogens is 246 g/mol. The van der Waals surface area contributed by atoms with Crippen molar-refractivity contribution >= 4 is 11.9 Å². The van der Waals surface area contributed by atoms with Crippen LogP contribution in [0.4, 0.5) is 0 Å². The maximum Gasteiger partial charge on any atom is 0.307 e.